The molecule has 0 aliphatic rings. The van der Waals surface area contributed by atoms with E-state index in [2.05, 4.69) is 15.0 Å². The molecule has 0 spiro atoms. The number of anilines is 1. The molecule has 0 aliphatic heterocycles. The number of ether oxygens (including phenoxy) is 1. The Labute approximate surface area is 143 Å². The fraction of sp³-hybridized carbons (Fsp3) is 0.235. The van der Waals surface area contributed by atoms with Crippen LogP contribution >= 0.6 is 0 Å². The number of rotatable bonds is 5. The predicted octanol–water partition coefficient (Wildman–Crippen LogP) is 0.973. The zero-order chi connectivity index (χ0) is 17.8. The molecule has 0 unspecified atom stereocenters. The Morgan fingerprint density at radius 2 is 2.00 bits per heavy atom. The van der Waals surface area contributed by atoms with Gasteiger partial charge in [0.1, 0.15) is 18.8 Å². The van der Waals surface area contributed by atoms with Gasteiger partial charge >= 0.3 is 5.97 Å². The predicted molar refractivity (Wildman–Crippen MR) is 91.3 cm³/mol. The minimum absolute atomic E-state index is 0.00428. The van der Waals surface area contributed by atoms with Crippen molar-refractivity contribution in [2.45, 2.75) is 13.5 Å². The van der Waals surface area contributed by atoms with E-state index in [1.54, 1.807) is 36.5 Å². The number of fused-ring (bicyclic) bond motifs is 1. The van der Waals surface area contributed by atoms with Gasteiger partial charge in [0.2, 0.25) is 5.95 Å². The van der Waals surface area contributed by atoms with Crippen molar-refractivity contribution in [2.24, 2.45) is 0 Å². The molecule has 3 rings (SSSR count). The fourth-order valence-electron chi connectivity index (χ4n) is 2.39. The van der Waals surface area contributed by atoms with Crippen molar-refractivity contribution in [1.29, 1.82) is 0 Å². The second-order valence-electron chi connectivity index (χ2n) is 5.51. The number of aromatic nitrogens is 4. The summed E-state index contributed by atoms with van der Waals surface area (Å²) < 4.78 is 6.71. The van der Waals surface area contributed by atoms with Crippen LogP contribution in [-0.2, 0) is 16.1 Å². The SMILES string of the molecule is Cc1cccc2nc(COC(=O)CN(C)c3ncccn3)cc(=O)n12. The molecule has 0 bridgehead atoms. The minimum Gasteiger partial charge on any atom is -0.458 e. The summed E-state index contributed by atoms with van der Waals surface area (Å²) in [5, 5.41) is 0. The molecule has 0 atom stereocenters. The first-order valence-corrected chi connectivity index (χ1v) is 7.66. The van der Waals surface area contributed by atoms with Gasteiger partial charge in [0.25, 0.3) is 5.56 Å². The van der Waals surface area contributed by atoms with Crippen LogP contribution in [0, 0.1) is 6.92 Å². The molecule has 0 saturated carbocycles. The van der Waals surface area contributed by atoms with Gasteiger partial charge in [-0.1, -0.05) is 6.07 Å². The highest BCUT2D eigenvalue weighted by molar-refractivity contribution is 5.74. The van der Waals surface area contributed by atoms with E-state index in [1.165, 1.54) is 10.5 Å². The molecule has 0 aliphatic carbocycles. The van der Waals surface area contributed by atoms with Crippen LogP contribution in [0.5, 0.6) is 0 Å². The summed E-state index contributed by atoms with van der Waals surface area (Å²) in [7, 11) is 1.69. The largest absolute Gasteiger partial charge is 0.458 e. The number of aryl methyl sites for hydroxylation is 1. The van der Waals surface area contributed by atoms with Gasteiger partial charge in [-0.05, 0) is 25.1 Å². The number of pyridine rings is 1. The maximum Gasteiger partial charge on any atom is 0.326 e. The molecule has 0 fully saturated rings. The molecule has 0 aromatic carbocycles. The number of likely N-dealkylation sites (N-methyl/N-ethyl adjacent to an activating group) is 1. The van der Waals surface area contributed by atoms with Crippen LogP contribution < -0.4 is 10.5 Å². The van der Waals surface area contributed by atoms with Crippen LogP contribution in [0.2, 0.25) is 0 Å². The third-order valence-corrected chi connectivity index (χ3v) is 3.57. The molecular weight excluding hydrogens is 322 g/mol. The van der Waals surface area contributed by atoms with Crippen molar-refractivity contribution in [3.05, 3.63) is 64.5 Å². The second-order valence-corrected chi connectivity index (χ2v) is 5.51. The van der Waals surface area contributed by atoms with E-state index in [4.69, 9.17) is 4.74 Å². The molecule has 0 amide bonds. The molecule has 3 aromatic rings. The summed E-state index contributed by atoms with van der Waals surface area (Å²) in [5.74, 6) is -0.0294. The van der Waals surface area contributed by atoms with E-state index < -0.39 is 5.97 Å². The van der Waals surface area contributed by atoms with Crippen LogP contribution in [0.4, 0.5) is 5.95 Å². The summed E-state index contributed by atoms with van der Waals surface area (Å²) in [4.78, 5) is 38.2. The molecule has 0 radical (unpaired) electrons. The Balaban J connectivity index is 1.66. The maximum absolute atomic E-state index is 12.2. The lowest BCUT2D eigenvalue weighted by Gasteiger charge is -2.15. The van der Waals surface area contributed by atoms with Gasteiger partial charge < -0.3 is 9.64 Å². The van der Waals surface area contributed by atoms with Gasteiger partial charge in [-0.2, -0.15) is 0 Å². The Kier molecular flexibility index (Phi) is 4.69. The lowest BCUT2D eigenvalue weighted by atomic mass is 10.3. The highest BCUT2D eigenvalue weighted by atomic mass is 16.5. The summed E-state index contributed by atoms with van der Waals surface area (Å²) in [5.41, 5.74) is 1.52. The van der Waals surface area contributed by atoms with E-state index in [0.717, 1.165) is 5.69 Å². The average Bonchev–Trinajstić information content (AvgIpc) is 2.60. The van der Waals surface area contributed by atoms with E-state index in [1.807, 2.05) is 19.1 Å². The van der Waals surface area contributed by atoms with E-state index in [0.29, 0.717) is 17.3 Å². The van der Waals surface area contributed by atoms with Crippen molar-refractivity contribution in [3.8, 4) is 0 Å². The van der Waals surface area contributed by atoms with Crippen molar-refractivity contribution >= 4 is 17.6 Å². The van der Waals surface area contributed by atoms with Gasteiger partial charge in [0.05, 0.1) is 5.69 Å². The highest BCUT2D eigenvalue weighted by Crippen LogP contribution is 2.05. The van der Waals surface area contributed by atoms with E-state index >= 15 is 0 Å². The third-order valence-electron chi connectivity index (χ3n) is 3.57. The smallest absolute Gasteiger partial charge is 0.326 e. The van der Waals surface area contributed by atoms with E-state index in [-0.39, 0.29) is 18.7 Å². The van der Waals surface area contributed by atoms with Gasteiger partial charge in [-0.3, -0.25) is 14.0 Å². The fourth-order valence-corrected chi connectivity index (χ4v) is 2.39. The molecule has 3 aromatic heterocycles. The topological polar surface area (TPSA) is 89.7 Å². The van der Waals surface area contributed by atoms with Gasteiger partial charge in [0.15, 0.2) is 0 Å². The van der Waals surface area contributed by atoms with Gasteiger partial charge in [-0.25, -0.2) is 15.0 Å². The maximum atomic E-state index is 12.2. The summed E-state index contributed by atoms with van der Waals surface area (Å²) >= 11 is 0. The number of hydrogen-bond donors (Lipinski definition) is 0. The van der Waals surface area contributed by atoms with Crippen molar-refractivity contribution in [3.63, 3.8) is 0 Å². The number of esters is 1. The zero-order valence-corrected chi connectivity index (χ0v) is 13.9. The zero-order valence-electron chi connectivity index (χ0n) is 13.9. The van der Waals surface area contributed by atoms with Crippen LogP contribution in [0.15, 0.2) is 47.5 Å². The minimum atomic E-state index is -0.457. The Morgan fingerprint density at radius 1 is 1.24 bits per heavy atom. The number of nitrogens with zero attached hydrogens (tertiary/aromatic N) is 5. The number of hydrogen-bond acceptors (Lipinski definition) is 7. The molecule has 0 saturated heterocycles. The quantitative estimate of drug-likeness (QED) is 0.640. The van der Waals surface area contributed by atoms with E-state index in [9.17, 15) is 9.59 Å². The van der Waals surface area contributed by atoms with Crippen molar-refractivity contribution in [1.82, 2.24) is 19.4 Å². The Hall–Kier alpha value is -3.29. The van der Waals surface area contributed by atoms with Crippen LogP contribution in [0.1, 0.15) is 11.4 Å². The first-order chi connectivity index (χ1) is 12.0. The van der Waals surface area contributed by atoms with Crippen molar-refractivity contribution in [2.75, 3.05) is 18.5 Å². The van der Waals surface area contributed by atoms with Crippen LogP contribution in [-0.4, -0.2) is 38.9 Å². The first kappa shape index (κ1) is 16.6. The molecule has 8 heteroatoms. The summed E-state index contributed by atoms with van der Waals surface area (Å²) in [6.07, 6.45) is 3.19. The van der Waals surface area contributed by atoms with Crippen LogP contribution in [0.25, 0.3) is 5.65 Å². The summed E-state index contributed by atoms with van der Waals surface area (Å²) in [6, 6.07) is 8.46. The molecule has 3 heterocycles. The van der Waals surface area contributed by atoms with Crippen molar-refractivity contribution < 1.29 is 9.53 Å². The van der Waals surface area contributed by atoms with Gasteiger partial charge in [-0.15, -0.1) is 0 Å². The molecular formula is C17H17N5O3. The standard InChI is InChI=1S/C17H17N5O3/c1-12-5-3-6-14-20-13(9-15(23)22(12)14)11-25-16(24)10-21(2)17-18-7-4-8-19-17/h3-9H,10-11H2,1-2H3. The molecule has 0 N–H and O–H groups in total. The second kappa shape index (κ2) is 7.08. The Morgan fingerprint density at radius 3 is 2.76 bits per heavy atom. The number of carbonyl (C=O) groups excluding carboxylic acids is 1. The average molecular weight is 339 g/mol. The molecule has 128 valence electrons. The highest BCUT2D eigenvalue weighted by Gasteiger charge is 2.12. The van der Waals surface area contributed by atoms with Crippen LogP contribution in [0.3, 0.4) is 0 Å². The molecule has 25 heavy (non-hydrogen) atoms. The third kappa shape index (κ3) is 3.79. The summed E-state index contributed by atoms with van der Waals surface area (Å²) in [6.45, 7) is 1.76. The first-order valence-electron chi connectivity index (χ1n) is 7.66. The number of carbonyl (C=O) groups is 1. The lowest BCUT2D eigenvalue weighted by Crippen LogP contribution is -2.28. The normalized spacial score (nSPS) is 10.6. The monoisotopic (exact) mass is 339 g/mol. The molecule has 8 nitrogen and oxygen atoms in total. The Bertz CT molecular complexity index is 955. The lowest BCUT2D eigenvalue weighted by molar-refractivity contribution is -0.143. The van der Waals surface area contributed by atoms with Gasteiger partial charge in [0, 0.05) is 31.2 Å².